The number of nitrogens with two attached hydrogens (primary N) is 1. The van der Waals surface area contributed by atoms with Crippen molar-refractivity contribution < 1.29 is 27.6 Å². The Hall–Kier alpha value is -3.51. The van der Waals surface area contributed by atoms with Gasteiger partial charge >= 0.3 is 12.2 Å². The molecule has 0 radical (unpaired) electrons. The van der Waals surface area contributed by atoms with E-state index in [1.807, 2.05) is 6.07 Å². The van der Waals surface area contributed by atoms with Crippen LogP contribution in [-0.4, -0.2) is 55.0 Å². The number of amides is 4. The average molecular weight is 541 g/mol. The highest BCUT2D eigenvalue weighted by molar-refractivity contribution is 6.33. The molecule has 13 heteroatoms. The Labute approximate surface area is 216 Å². The molecule has 1 aliphatic rings. The van der Waals surface area contributed by atoms with E-state index in [0.29, 0.717) is 36.3 Å². The summed E-state index contributed by atoms with van der Waals surface area (Å²) in [4.78, 5) is 39.1. The molecule has 0 bridgehead atoms. The predicted molar refractivity (Wildman–Crippen MR) is 134 cm³/mol. The van der Waals surface area contributed by atoms with Gasteiger partial charge in [-0.2, -0.15) is 13.2 Å². The Balaban J connectivity index is 1.56. The number of likely N-dealkylation sites (tertiary alicyclic amines) is 1. The molecule has 2 aromatic carbocycles. The van der Waals surface area contributed by atoms with E-state index in [2.05, 4.69) is 26.2 Å². The number of alkyl halides is 3. The third-order valence-corrected chi connectivity index (χ3v) is 6.03. The summed E-state index contributed by atoms with van der Waals surface area (Å²) in [6.07, 6.45) is -4.00. The standard InChI is InChI=1S/C24H28ClF3N6O3/c1-2-30-23(37)33-20-6-4-15(24(26,27)28)10-17(20)22(36)31-11-21(35)32-16-7-8-34(13-16)12-14-3-5-18(25)19(29)9-14/h3-6,9-10,16H,2,7-8,11-13,29H2,1H3,(H,31,36)(H,32,35)(H2,30,33,37)/t16-/m1/s1. The first-order chi connectivity index (χ1) is 17.5. The summed E-state index contributed by atoms with van der Waals surface area (Å²) in [5.74, 6) is -1.41. The first kappa shape index (κ1) is 28.1. The second-order valence-electron chi connectivity index (χ2n) is 8.57. The molecule has 0 spiro atoms. The van der Waals surface area contributed by atoms with Crippen LogP contribution in [0.15, 0.2) is 36.4 Å². The Bertz CT molecular complexity index is 1160. The van der Waals surface area contributed by atoms with Crippen molar-refractivity contribution in [3.8, 4) is 0 Å². The predicted octanol–water partition coefficient (Wildman–Crippen LogP) is 3.20. The Morgan fingerprint density at radius 1 is 1.14 bits per heavy atom. The molecule has 2 aromatic rings. The van der Waals surface area contributed by atoms with Gasteiger partial charge in [-0.05, 0) is 49.2 Å². The monoisotopic (exact) mass is 540 g/mol. The second-order valence-corrected chi connectivity index (χ2v) is 8.98. The number of hydrogen-bond donors (Lipinski definition) is 5. The molecular formula is C24H28ClF3N6O3. The number of nitrogens with one attached hydrogen (secondary N) is 4. The summed E-state index contributed by atoms with van der Waals surface area (Å²) < 4.78 is 39.5. The molecule has 1 heterocycles. The maximum absolute atomic E-state index is 13.2. The van der Waals surface area contributed by atoms with Gasteiger partial charge in [0, 0.05) is 32.2 Å². The lowest BCUT2D eigenvalue weighted by atomic mass is 10.1. The number of anilines is 2. The van der Waals surface area contributed by atoms with Gasteiger partial charge < -0.3 is 27.0 Å². The van der Waals surface area contributed by atoms with E-state index in [4.69, 9.17) is 17.3 Å². The zero-order valence-electron chi connectivity index (χ0n) is 20.0. The van der Waals surface area contributed by atoms with E-state index < -0.39 is 41.7 Å². The van der Waals surface area contributed by atoms with Crippen molar-refractivity contribution in [1.29, 1.82) is 0 Å². The lowest BCUT2D eigenvalue weighted by Gasteiger charge is -2.18. The van der Waals surface area contributed by atoms with Crippen LogP contribution in [0.5, 0.6) is 0 Å². The normalized spacial score (nSPS) is 15.8. The number of nitrogens with zero attached hydrogens (tertiary/aromatic N) is 1. The summed E-state index contributed by atoms with van der Waals surface area (Å²) in [7, 11) is 0. The van der Waals surface area contributed by atoms with Crippen molar-refractivity contribution in [2.45, 2.75) is 32.1 Å². The molecule has 0 unspecified atom stereocenters. The van der Waals surface area contributed by atoms with E-state index in [1.54, 1.807) is 19.1 Å². The summed E-state index contributed by atoms with van der Waals surface area (Å²) in [5, 5.41) is 10.4. The maximum atomic E-state index is 13.2. The lowest BCUT2D eigenvalue weighted by Crippen LogP contribution is -2.43. The smallest absolute Gasteiger partial charge is 0.398 e. The van der Waals surface area contributed by atoms with Crippen LogP contribution in [0, 0.1) is 0 Å². The number of halogens is 4. The Morgan fingerprint density at radius 2 is 1.89 bits per heavy atom. The highest BCUT2D eigenvalue weighted by atomic mass is 35.5. The first-order valence-electron chi connectivity index (χ1n) is 11.6. The molecule has 1 atom stereocenters. The quantitative estimate of drug-likeness (QED) is 0.328. The summed E-state index contributed by atoms with van der Waals surface area (Å²) in [6, 6.07) is 6.96. The van der Waals surface area contributed by atoms with E-state index in [1.165, 1.54) is 0 Å². The Morgan fingerprint density at radius 3 is 2.57 bits per heavy atom. The summed E-state index contributed by atoms with van der Waals surface area (Å²) in [5.41, 5.74) is 5.73. The van der Waals surface area contributed by atoms with Gasteiger partial charge in [-0.1, -0.05) is 17.7 Å². The van der Waals surface area contributed by atoms with Crippen LogP contribution in [0.2, 0.25) is 5.02 Å². The zero-order valence-corrected chi connectivity index (χ0v) is 20.8. The zero-order chi connectivity index (χ0) is 27.2. The van der Waals surface area contributed by atoms with Crippen molar-refractivity contribution in [1.82, 2.24) is 20.9 Å². The van der Waals surface area contributed by atoms with Gasteiger partial charge in [0.15, 0.2) is 0 Å². The molecular weight excluding hydrogens is 513 g/mol. The minimum Gasteiger partial charge on any atom is -0.398 e. The van der Waals surface area contributed by atoms with Crippen LogP contribution >= 0.6 is 11.6 Å². The fourth-order valence-corrected chi connectivity index (χ4v) is 4.04. The van der Waals surface area contributed by atoms with E-state index in [9.17, 15) is 27.6 Å². The van der Waals surface area contributed by atoms with Crippen molar-refractivity contribution in [2.75, 3.05) is 37.2 Å². The fraction of sp³-hybridized carbons (Fsp3) is 0.375. The van der Waals surface area contributed by atoms with Gasteiger partial charge in [-0.25, -0.2) is 4.79 Å². The number of carbonyl (C=O) groups excluding carboxylic acids is 3. The fourth-order valence-electron chi connectivity index (χ4n) is 3.92. The number of carbonyl (C=O) groups is 3. The van der Waals surface area contributed by atoms with Crippen LogP contribution in [-0.2, 0) is 17.5 Å². The number of benzene rings is 2. The minimum absolute atomic E-state index is 0.119. The van der Waals surface area contributed by atoms with Crippen molar-refractivity contribution in [2.24, 2.45) is 0 Å². The van der Waals surface area contributed by atoms with Crippen LogP contribution in [0.1, 0.15) is 34.8 Å². The van der Waals surface area contributed by atoms with Crippen LogP contribution in [0.3, 0.4) is 0 Å². The lowest BCUT2D eigenvalue weighted by molar-refractivity contribution is -0.137. The van der Waals surface area contributed by atoms with Crippen molar-refractivity contribution >= 4 is 40.8 Å². The topological polar surface area (TPSA) is 129 Å². The van der Waals surface area contributed by atoms with Gasteiger partial charge in [0.25, 0.3) is 5.91 Å². The summed E-state index contributed by atoms with van der Waals surface area (Å²) >= 11 is 5.95. The average Bonchev–Trinajstić information content (AvgIpc) is 3.26. The Kier molecular flexibility index (Phi) is 9.22. The SMILES string of the molecule is CCNC(=O)Nc1ccc(C(F)(F)F)cc1C(=O)NCC(=O)N[C@@H]1CCN(Cc2ccc(Cl)c(N)c2)C1. The highest BCUT2D eigenvalue weighted by Crippen LogP contribution is 2.32. The third kappa shape index (κ3) is 7.99. The van der Waals surface area contributed by atoms with Crippen LogP contribution in [0.4, 0.5) is 29.3 Å². The molecule has 4 amide bonds. The molecule has 6 N–H and O–H groups in total. The largest absolute Gasteiger partial charge is 0.416 e. The molecule has 37 heavy (non-hydrogen) atoms. The highest BCUT2D eigenvalue weighted by Gasteiger charge is 2.32. The molecule has 0 saturated carbocycles. The number of urea groups is 1. The number of nitrogen functional groups attached to an aromatic ring is 1. The molecule has 200 valence electrons. The van der Waals surface area contributed by atoms with Crippen molar-refractivity contribution in [3.63, 3.8) is 0 Å². The van der Waals surface area contributed by atoms with Gasteiger partial charge in [-0.15, -0.1) is 0 Å². The molecule has 9 nitrogen and oxygen atoms in total. The number of rotatable bonds is 8. The van der Waals surface area contributed by atoms with E-state index >= 15 is 0 Å². The maximum Gasteiger partial charge on any atom is 0.416 e. The van der Waals surface area contributed by atoms with Gasteiger partial charge in [0.2, 0.25) is 5.91 Å². The van der Waals surface area contributed by atoms with Crippen molar-refractivity contribution in [3.05, 3.63) is 58.1 Å². The van der Waals surface area contributed by atoms with Crippen LogP contribution in [0.25, 0.3) is 0 Å². The molecule has 3 rings (SSSR count). The number of hydrogen-bond acceptors (Lipinski definition) is 5. The van der Waals surface area contributed by atoms with E-state index in [0.717, 1.165) is 24.2 Å². The summed E-state index contributed by atoms with van der Waals surface area (Å²) in [6.45, 7) is 3.44. The molecule has 1 fully saturated rings. The third-order valence-electron chi connectivity index (χ3n) is 5.69. The molecule has 1 aliphatic heterocycles. The van der Waals surface area contributed by atoms with Crippen LogP contribution < -0.4 is 27.0 Å². The minimum atomic E-state index is -4.69. The first-order valence-corrected chi connectivity index (χ1v) is 11.9. The van der Waals surface area contributed by atoms with E-state index in [-0.39, 0.29) is 18.3 Å². The van der Waals surface area contributed by atoms with Gasteiger partial charge in [0.05, 0.1) is 34.1 Å². The molecule has 0 aromatic heterocycles. The van der Waals surface area contributed by atoms with Gasteiger partial charge in [-0.3, -0.25) is 14.5 Å². The molecule has 0 aliphatic carbocycles. The van der Waals surface area contributed by atoms with Gasteiger partial charge in [0.1, 0.15) is 0 Å². The molecule has 1 saturated heterocycles. The second kappa shape index (κ2) is 12.2.